The summed E-state index contributed by atoms with van der Waals surface area (Å²) >= 11 is 0. The first-order valence-corrected chi connectivity index (χ1v) is 15.6. The van der Waals surface area contributed by atoms with E-state index >= 15 is 0 Å². The minimum absolute atomic E-state index is 0.917. The molecule has 45 heavy (non-hydrogen) atoms. The first-order chi connectivity index (χ1) is 22.2. The van der Waals surface area contributed by atoms with Crippen molar-refractivity contribution < 1.29 is 4.42 Å². The lowest BCUT2D eigenvalue weighted by molar-refractivity contribution is 0.669. The van der Waals surface area contributed by atoms with Gasteiger partial charge in [-0.1, -0.05) is 133 Å². The van der Waals surface area contributed by atoms with Gasteiger partial charge in [-0.25, -0.2) is 0 Å². The van der Waals surface area contributed by atoms with Crippen molar-refractivity contribution in [3.8, 4) is 33.4 Å². The van der Waals surface area contributed by atoms with E-state index in [1.165, 1.54) is 76.8 Å². The molecule has 0 N–H and O–H groups in total. The van der Waals surface area contributed by atoms with Crippen molar-refractivity contribution >= 4 is 54.3 Å². The van der Waals surface area contributed by atoms with Crippen LogP contribution in [0.3, 0.4) is 0 Å². The molecule has 1 heteroatoms. The third-order valence-electron chi connectivity index (χ3n) is 9.60. The van der Waals surface area contributed by atoms with Crippen molar-refractivity contribution in [3.63, 3.8) is 0 Å². The standard InChI is InChI=1S/C44H30O/c1-27-14-3-5-17-30(27)41-28(2)38(26-39-32-19-11-12-25-40(32)45-44(39)41)43-36-22-9-7-20-34(36)42(35-21-8-10-23-37(35)43)33-24-13-16-29-15-4-6-18-31(29)33/h3-26H,1-2H3. The highest BCUT2D eigenvalue weighted by Crippen LogP contribution is 2.49. The van der Waals surface area contributed by atoms with Gasteiger partial charge in [0.05, 0.1) is 0 Å². The largest absolute Gasteiger partial charge is 0.455 e. The molecular weight excluding hydrogens is 544 g/mol. The first kappa shape index (κ1) is 25.8. The van der Waals surface area contributed by atoms with Gasteiger partial charge in [0, 0.05) is 16.3 Å². The number of para-hydroxylation sites is 1. The molecule has 1 heterocycles. The smallest absolute Gasteiger partial charge is 0.143 e. The van der Waals surface area contributed by atoms with Crippen LogP contribution in [0.2, 0.25) is 0 Å². The molecule has 1 nitrogen and oxygen atoms in total. The minimum Gasteiger partial charge on any atom is -0.455 e. The van der Waals surface area contributed by atoms with Crippen molar-refractivity contribution in [1.82, 2.24) is 0 Å². The second kappa shape index (κ2) is 9.94. The van der Waals surface area contributed by atoms with Crippen LogP contribution in [-0.4, -0.2) is 0 Å². The molecule has 9 aromatic rings. The van der Waals surface area contributed by atoms with Crippen molar-refractivity contribution in [3.05, 3.63) is 157 Å². The van der Waals surface area contributed by atoms with Gasteiger partial charge in [0.15, 0.2) is 0 Å². The number of fused-ring (bicyclic) bond motifs is 6. The predicted octanol–water partition coefficient (Wildman–Crippen LogP) is 12.7. The molecule has 0 radical (unpaired) electrons. The first-order valence-electron chi connectivity index (χ1n) is 15.6. The molecule has 0 atom stereocenters. The van der Waals surface area contributed by atoms with Gasteiger partial charge in [0.2, 0.25) is 0 Å². The van der Waals surface area contributed by atoms with Gasteiger partial charge >= 0.3 is 0 Å². The summed E-state index contributed by atoms with van der Waals surface area (Å²) in [5.74, 6) is 0. The Morgan fingerprint density at radius 2 is 0.889 bits per heavy atom. The van der Waals surface area contributed by atoms with Crippen molar-refractivity contribution in [2.45, 2.75) is 13.8 Å². The van der Waals surface area contributed by atoms with E-state index in [1.807, 2.05) is 0 Å². The second-order valence-electron chi connectivity index (χ2n) is 12.1. The zero-order valence-corrected chi connectivity index (χ0v) is 25.3. The van der Waals surface area contributed by atoms with E-state index in [-0.39, 0.29) is 0 Å². The Morgan fingerprint density at radius 1 is 0.378 bits per heavy atom. The van der Waals surface area contributed by atoms with Gasteiger partial charge in [-0.05, 0) is 97.2 Å². The lowest BCUT2D eigenvalue weighted by Gasteiger charge is -2.21. The maximum atomic E-state index is 6.66. The lowest BCUT2D eigenvalue weighted by atomic mass is 9.82. The lowest BCUT2D eigenvalue weighted by Crippen LogP contribution is -1.95. The monoisotopic (exact) mass is 574 g/mol. The molecule has 1 aromatic heterocycles. The molecule has 0 aliphatic heterocycles. The van der Waals surface area contributed by atoms with Crippen LogP contribution in [0.4, 0.5) is 0 Å². The maximum Gasteiger partial charge on any atom is 0.143 e. The molecule has 212 valence electrons. The van der Waals surface area contributed by atoms with Crippen molar-refractivity contribution in [2.75, 3.05) is 0 Å². The Labute approximate surface area is 262 Å². The van der Waals surface area contributed by atoms with Gasteiger partial charge in [0.25, 0.3) is 0 Å². The van der Waals surface area contributed by atoms with E-state index in [4.69, 9.17) is 4.42 Å². The quantitative estimate of drug-likeness (QED) is 0.191. The summed E-state index contributed by atoms with van der Waals surface area (Å²) in [5.41, 5.74) is 11.8. The van der Waals surface area contributed by atoms with Crippen molar-refractivity contribution in [1.29, 1.82) is 0 Å². The van der Waals surface area contributed by atoms with E-state index in [2.05, 4.69) is 159 Å². The Morgan fingerprint density at radius 3 is 1.58 bits per heavy atom. The molecule has 0 bridgehead atoms. The minimum atomic E-state index is 0.917. The summed E-state index contributed by atoms with van der Waals surface area (Å²) in [7, 11) is 0. The van der Waals surface area contributed by atoms with Crippen LogP contribution in [0.5, 0.6) is 0 Å². The van der Waals surface area contributed by atoms with Gasteiger partial charge in [0.1, 0.15) is 11.2 Å². The summed E-state index contributed by atoms with van der Waals surface area (Å²) in [4.78, 5) is 0. The topological polar surface area (TPSA) is 13.1 Å². The molecule has 0 aliphatic rings. The van der Waals surface area contributed by atoms with Gasteiger partial charge in [-0.2, -0.15) is 0 Å². The van der Waals surface area contributed by atoms with Gasteiger partial charge in [-0.15, -0.1) is 0 Å². The van der Waals surface area contributed by atoms with Crippen LogP contribution in [0.1, 0.15) is 11.1 Å². The maximum absolute atomic E-state index is 6.66. The van der Waals surface area contributed by atoms with Crippen LogP contribution >= 0.6 is 0 Å². The predicted molar refractivity (Wildman–Crippen MR) is 192 cm³/mol. The van der Waals surface area contributed by atoms with Crippen molar-refractivity contribution in [2.24, 2.45) is 0 Å². The molecule has 0 saturated heterocycles. The van der Waals surface area contributed by atoms with Crippen LogP contribution in [0.15, 0.2) is 150 Å². The van der Waals surface area contributed by atoms with E-state index in [1.54, 1.807) is 0 Å². The Bertz CT molecular complexity index is 2550. The summed E-state index contributed by atoms with van der Waals surface area (Å²) in [5, 5.41) is 9.85. The molecule has 0 fully saturated rings. The van der Waals surface area contributed by atoms with E-state index in [0.29, 0.717) is 0 Å². The number of hydrogen-bond acceptors (Lipinski definition) is 1. The Balaban J connectivity index is 1.48. The third kappa shape index (κ3) is 3.81. The summed E-state index contributed by atoms with van der Waals surface area (Å²) in [6.07, 6.45) is 0. The number of rotatable bonds is 3. The van der Waals surface area contributed by atoms with Crippen LogP contribution in [-0.2, 0) is 0 Å². The number of hydrogen-bond donors (Lipinski definition) is 0. The SMILES string of the molecule is Cc1ccccc1-c1c(C)c(-c2c3ccccc3c(-c3cccc4ccccc34)c3ccccc23)cc2c1oc1ccccc12. The molecule has 0 saturated carbocycles. The number of benzene rings is 8. The molecule has 0 spiro atoms. The fraction of sp³-hybridized carbons (Fsp3) is 0.0455. The highest BCUT2D eigenvalue weighted by Gasteiger charge is 2.23. The summed E-state index contributed by atoms with van der Waals surface area (Å²) in [6.45, 7) is 4.46. The molecule has 0 aliphatic carbocycles. The number of furan rings is 1. The molecule has 8 aromatic carbocycles. The Hall–Kier alpha value is -5.66. The average Bonchev–Trinajstić information content (AvgIpc) is 3.45. The van der Waals surface area contributed by atoms with Crippen LogP contribution in [0.25, 0.3) is 87.6 Å². The zero-order valence-electron chi connectivity index (χ0n) is 25.3. The van der Waals surface area contributed by atoms with Gasteiger partial charge in [-0.3, -0.25) is 0 Å². The number of aryl methyl sites for hydroxylation is 1. The van der Waals surface area contributed by atoms with Crippen LogP contribution in [0, 0.1) is 13.8 Å². The highest BCUT2D eigenvalue weighted by molar-refractivity contribution is 6.25. The fourth-order valence-electron chi connectivity index (χ4n) is 7.54. The third-order valence-corrected chi connectivity index (χ3v) is 9.60. The Kier molecular flexibility index (Phi) is 5.70. The normalized spacial score (nSPS) is 11.8. The fourth-order valence-corrected chi connectivity index (χ4v) is 7.54. The summed E-state index contributed by atoms with van der Waals surface area (Å²) < 4.78 is 6.66. The summed E-state index contributed by atoms with van der Waals surface area (Å²) in [6, 6.07) is 52.8. The van der Waals surface area contributed by atoms with Crippen LogP contribution < -0.4 is 0 Å². The molecule has 0 unspecified atom stereocenters. The van der Waals surface area contributed by atoms with Gasteiger partial charge < -0.3 is 4.42 Å². The highest BCUT2D eigenvalue weighted by atomic mass is 16.3. The molecular formula is C44H30O. The zero-order chi connectivity index (χ0) is 30.1. The average molecular weight is 575 g/mol. The van der Waals surface area contributed by atoms with E-state index < -0.39 is 0 Å². The second-order valence-corrected chi connectivity index (χ2v) is 12.1. The molecule has 0 amide bonds. The molecule has 9 rings (SSSR count). The van der Waals surface area contributed by atoms with E-state index in [9.17, 15) is 0 Å². The van der Waals surface area contributed by atoms with E-state index in [0.717, 1.165) is 21.9 Å².